The lowest BCUT2D eigenvalue weighted by atomic mass is 9.87. The van der Waals surface area contributed by atoms with Gasteiger partial charge >= 0.3 is 5.97 Å². The van der Waals surface area contributed by atoms with E-state index in [0.29, 0.717) is 17.1 Å². The van der Waals surface area contributed by atoms with Crippen molar-refractivity contribution in [3.63, 3.8) is 0 Å². The fraction of sp³-hybridized carbons (Fsp3) is 0.182. The number of fused-ring (bicyclic) bond motifs is 1. The number of ether oxygens (including phenoxy) is 1. The van der Waals surface area contributed by atoms with E-state index in [0.717, 1.165) is 10.9 Å². The van der Waals surface area contributed by atoms with Crippen LogP contribution in [0.25, 0.3) is 17.0 Å². The van der Waals surface area contributed by atoms with Gasteiger partial charge in [0.05, 0.1) is 0 Å². The number of esters is 1. The summed E-state index contributed by atoms with van der Waals surface area (Å²) in [4.78, 5) is 16.4. The molecule has 0 saturated carbocycles. The molecule has 0 saturated heterocycles. The Kier molecular flexibility index (Phi) is 4.76. The molecule has 2 aromatic carbocycles. The van der Waals surface area contributed by atoms with Crippen LogP contribution in [0.3, 0.4) is 0 Å². The molecular formula is C22H22N2O2. The predicted molar refractivity (Wildman–Crippen MR) is 106 cm³/mol. The Bertz CT molecular complexity index is 968. The summed E-state index contributed by atoms with van der Waals surface area (Å²) >= 11 is 0. The number of nitrogen functional groups attached to an aromatic ring is 1. The second-order valence-electron chi connectivity index (χ2n) is 7.19. The molecule has 1 aromatic heterocycles. The number of carbonyl (C=O) groups is 1. The number of hydrogen-bond acceptors (Lipinski definition) is 4. The molecule has 4 heteroatoms. The highest BCUT2D eigenvalue weighted by atomic mass is 16.5. The third-order valence-electron chi connectivity index (χ3n) is 4.10. The van der Waals surface area contributed by atoms with Crippen molar-refractivity contribution in [2.45, 2.75) is 26.2 Å². The number of aromatic nitrogens is 1. The van der Waals surface area contributed by atoms with E-state index in [-0.39, 0.29) is 5.41 Å². The summed E-state index contributed by atoms with van der Waals surface area (Å²) in [5, 5.41) is 0.867. The van der Waals surface area contributed by atoms with Crippen LogP contribution < -0.4 is 10.5 Å². The molecule has 0 unspecified atom stereocenters. The van der Waals surface area contributed by atoms with Crippen molar-refractivity contribution < 1.29 is 9.53 Å². The van der Waals surface area contributed by atoms with E-state index >= 15 is 0 Å². The first-order chi connectivity index (χ1) is 12.3. The van der Waals surface area contributed by atoms with E-state index in [4.69, 9.17) is 10.5 Å². The molecular weight excluding hydrogens is 324 g/mol. The highest BCUT2D eigenvalue weighted by Gasteiger charge is 2.12. The van der Waals surface area contributed by atoms with Crippen molar-refractivity contribution in [1.82, 2.24) is 4.98 Å². The molecule has 0 amide bonds. The van der Waals surface area contributed by atoms with Gasteiger partial charge in [-0.25, -0.2) is 9.78 Å². The molecule has 0 radical (unpaired) electrons. The summed E-state index contributed by atoms with van der Waals surface area (Å²) in [6, 6.07) is 17.1. The van der Waals surface area contributed by atoms with Crippen molar-refractivity contribution in [3.8, 4) is 5.75 Å². The van der Waals surface area contributed by atoms with Crippen LogP contribution in [0.15, 0.2) is 60.7 Å². The number of rotatable bonds is 3. The summed E-state index contributed by atoms with van der Waals surface area (Å²) in [5.74, 6) is 0.324. The Morgan fingerprint density at radius 2 is 1.77 bits per heavy atom. The topological polar surface area (TPSA) is 65.2 Å². The zero-order chi connectivity index (χ0) is 18.7. The van der Waals surface area contributed by atoms with Crippen LogP contribution in [-0.2, 0) is 10.2 Å². The first-order valence-corrected chi connectivity index (χ1v) is 8.49. The Morgan fingerprint density at radius 1 is 1.04 bits per heavy atom. The van der Waals surface area contributed by atoms with Crippen LogP contribution in [-0.4, -0.2) is 11.0 Å². The molecule has 4 nitrogen and oxygen atoms in total. The molecule has 3 aromatic rings. The van der Waals surface area contributed by atoms with E-state index in [2.05, 4.69) is 37.9 Å². The quantitative estimate of drug-likeness (QED) is 0.423. The van der Waals surface area contributed by atoms with Crippen molar-refractivity contribution in [2.24, 2.45) is 0 Å². The van der Waals surface area contributed by atoms with Gasteiger partial charge in [0.1, 0.15) is 11.3 Å². The molecule has 0 spiro atoms. The first kappa shape index (κ1) is 17.7. The molecule has 0 atom stereocenters. The summed E-state index contributed by atoms with van der Waals surface area (Å²) < 4.78 is 5.44. The minimum Gasteiger partial charge on any atom is -0.421 e. The smallest absolute Gasteiger partial charge is 0.336 e. The van der Waals surface area contributed by atoms with Gasteiger partial charge in [-0.1, -0.05) is 57.2 Å². The maximum atomic E-state index is 12.2. The van der Waals surface area contributed by atoms with Crippen LogP contribution in [0, 0.1) is 0 Å². The van der Waals surface area contributed by atoms with Crippen LogP contribution >= 0.6 is 0 Å². The van der Waals surface area contributed by atoms with Crippen molar-refractivity contribution in [2.75, 3.05) is 5.73 Å². The number of benzene rings is 2. The molecule has 3 rings (SSSR count). The summed E-state index contributed by atoms with van der Waals surface area (Å²) in [6.07, 6.45) is 3.15. The van der Waals surface area contributed by atoms with Gasteiger partial charge in [-0.3, -0.25) is 0 Å². The highest BCUT2D eigenvalue weighted by Crippen LogP contribution is 2.25. The molecule has 132 valence electrons. The lowest BCUT2D eigenvalue weighted by molar-refractivity contribution is -0.128. The van der Waals surface area contributed by atoms with E-state index in [1.165, 1.54) is 11.6 Å². The summed E-state index contributed by atoms with van der Waals surface area (Å²) in [6.45, 7) is 6.50. The summed E-state index contributed by atoms with van der Waals surface area (Å²) in [5.41, 5.74) is 8.60. The lowest BCUT2D eigenvalue weighted by Crippen LogP contribution is -2.10. The SMILES string of the molecule is CC(C)(C)c1ccc(/C=C/C(=O)Oc2cccc3ccc(N)nc23)cc1. The van der Waals surface area contributed by atoms with Gasteiger partial charge < -0.3 is 10.5 Å². The maximum absolute atomic E-state index is 12.2. The van der Waals surface area contributed by atoms with Crippen molar-refractivity contribution >= 4 is 28.8 Å². The van der Waals surface area contributed by atoms with E-state index < -0.39 is 5.97 Å². The second kappa shape index (κ2) is 7.00. The van der Waals surface area contributed by atoms with Gasteiger partial charge in [-0.05, 0) is 40.8 Å². The standard InChI is InChI=1S/C22H22N2O2/c1-22(2,3)17-11-7-15(8-12-17)9-14-20(25)26-18-6-4-5-16-10-13-19(23)24-21(16)18/h4-14H,1-3H3,(H2,23,24)/b14-9+. The van der Waals surface area contributed by atoms with Crippen LogP contribution in [0.1, 0.15) is 31.9 Å². The minimum absolute atomic E-state index is 0.102. The molecule has 2 N–H and O–H groups in total. The zero-order valence-corrected chi connectivity index (χ0v) is 15.2. The zero-order valence-electron chi connectivity index (χ0n) is 15.2. The fourth-order valence-electron chi connectivity index (χ4n) is 2.62. The monoisotopic (exact) mass is 346 g/mol. The number of nitrogens with zero attached hydrogens (tertiary/aromatic N) is 1. The number of hydrogen-bond donors (Lipinski definition) is 1. The van der Waals surface area contributed by atoms with Gasteiger partial charge in [-0.15, -0.1) is 0 Å². The van der Waals surface area contributed by atoms with E-state index in [1.54, 1.807) is 18.2 Å². The van der Waals surface area contributed by atoms with Gasteiger partial charge in [-0.2, -0.15) is 0 Å². The van der Waals surface area contributed by atoms with E-state index in [9.17, 15) is 4.79 Å². The van der Waals surface area contributed by atoms with Crippen molar-refractivity contribution in [1.29, 1.82) is 0 Å². The van der Waals surface area contributed by atoms with Crippen LogP contribution in [0.2, 0.25) is 0 Å². The molecule has 0 aliphatic rings. The highest BCUT2D eigenvalue weighted by molar-refractivity contribution is 5.93. The summed E-state index contributed by atoms with van der Waals surface area (Å²) in [7, 11) is 0. The number of nitrogens with two attached hydrogens (primary N) is 1. The maximum Gasteiger partial charge on any atom is 0.336 e. The average Bonchev–Trinajstić information content (AvgIpc) is 2.60. The minimum atomic E-state index is -0.457. The second-order valence-corrected chi connectivity index (χ2v) is 7.19. The normalized spacial score (nSPS) is 11.8. The molecule has 0 aliphatic heterocycles. The van der Waals surface area contributed by atoms with Gasteiger partial charge in [0.2, 0.25) is 0 Å². The molecule has 0 bridgehead atoms. The molecule has 1 heterocycles. The number of para-hydroxylation sites is 1. The average molecular weight is 346 g/mol. The van der Waals surface area contributed by atoms with Crippen LogP contribution in [0.5, 0.6) is 5.75 Å². The molecule has 0 fully saturated rings. The fourth-order valence-corrected chi connectivity index (χ4v) is 2.62. The Morgan fingerprint density at radius 3 is 2.46 bits per heavy atom. The molecule has 26 heavy (non-hydrogen) atoms. The van der Waals surface area contributed by atoms with Crippen LogP contribution in [0.4, 0.5) is 5.82 Å². The number of anilines is 1. The Labute approximate surface area is 153 Å². The van der Waals surface area contributed by atoms with Crippen molar-refractivity contribution in [3.05, 3.63) is 71.8 Å². The molecule has 0 aliphatic carbocycles. The lowest BCUT2D eigenvalue weighted by Gasteiger charge is -2.18. The van der Waals surface area contributed by atoms with Gasteiger partial charge in [0, 0.05) is 11.5 Å². The third-order valence-corrected chi connectivity index (χ3v) is 4.10. The number of pyridine rings is 1. The van der Waals surface area contributed by atoms with Gasteiger partial charge in [0.15, 0.2) is 5.75 Å². The Balaban J connectivity index is 1.75. The van der Waals surface area contributed by atoms with Gasteiger partial charge in [0.25, 0.3) is 0 Å². The number of carbonyl (C=O) groups excluding carboxylic acids is 1. The third kappa shape index (κ3) is 4.09. The largest absolute Gasteiger partial charge is 0.421 e. The first-order valence-electron chi connectivity index (χ1n) is 8.49. The Hall–Kier alpha value is -3.14. The van der Waals surface area contributed by atoms with E-state index in [1.807, 2.05) is 30.3 Å². The predicted octanol–water partition coefficient (Wildman–Crippen LogP) is 4.73.